The van der Waals surface area contributed by atoms with Gasteiger partial charge in [0.1, 0.15) is 17.6 Å². The van der Waals surface area contributed by atoms with Gasteiger partial charge in [0.25, 0.3) is 0 Å². The summed E-state index contributed by atoms with van der Waals surface area (Å²) in [6, 6.07) is 4.40. The van der Waals surface area contributed by atoms with E-state index in [9.17, 15) is 5.26 Å². The van der Waals surface area contributed by atoms with Gasteiger partial charge in [0, 0.05) is 19.1 Å². The second kappa shape index (κ2) is 5.56. The number of nitrogens with two attached hydrogens (primary N) is 1. The van der Waals surface area contributed by atoms with E-state index in [4.69, 9.17) is 5.73 Å². The first-order valence-electron chi connectivity index (χ1n) is 7.24. The van der Waals surface area contributed by atoms with Crippen LogP contribution in [-0.2, 0) is 0 Å². The number of anilines is 2. The number of hydrogen-bond donors (Lipinski definition) is 1. The smallest absolute Gasteiger partial charge is 0.133 e. The maximum atomic E-state index is 9.31. The first-order valence-corrected chi connectivity index (χ1v) is 7.24. The molecule has 2 rings (SSSR count). The molecule has 4 nitrogen and oxygen atoms in total. The fourth-order valence-electron chi connectivity index (χ4n) is 2.97. The Kier molecular flexibility index (Phi) is 4.04. The van der Waals surface area contributed by atoms with Gasteiger partial charge in [-0.3, -0.25) is 0 Å². The summed E-state index contributed by atoms with van der Waals surface area (Å²) in [7, 11) is 0. The van der Waals surface area contributed by atoms with E-state index in [0.29, 0.717) is 17.7 Å². The van der Waals surface area contributed by atoms with E-state index in [-0.39, 0.29) is 0 Å². The van der Waals surface area contributed by atoms with Crippen LogP contribution in [0.1, 0.15) is 51.8 Å². The number of aromatic nitrogens is 1. The summed E-state index contributed by atoms with van der Waals surface area (Å²) < 4.78 is 2.12. The molecular weight excluding hydrogens is 236 g/mol. The van der Waals surface area contributed by atoms with Gasteiger partial charge in [0.05, 0.1) is 5.69 Å². The van der Waals surface area contributed by atoms with Crippen LogP contribution < -0.4 is 10.6 Å². The maximum Gasteiger partial charge on any atom is 0.133 e. The first-order chi connectivity index (χ1) is 9.08. The molecule has 2 N–H and O–H groups in total. The molecule has 0 amide bonds. The highest BCUT2D eigenvalue weighted by Crippen LogP contribution is 2.34. The largest absolute Gasteiger partial charge is 0.396 e. The van der Waals surface area contributed by atoms with Gasteiger partial charge < -0.3 is 15.2 Å². The average molecular weight is 260 g/mol. The molecular formula is C15H24N4. The third-order valence-corrected chi connectivity index (χ3v) is 4.14. The highest BCUT2D eigenvalue weighted by atomic mass is 15.3. The highest BCUT2D eigenvalue weighted by Gasteiger charge is 2.25. The van der Waals surface area contributed by atoms with E-state index >= 15 is 0 Å². The molecule has 1 aromatic heterocycles. The Morgan fingerprint density at radius 2 is 2.32 bits per heavy atom. The lowest BCUT2D eigenvalue weighted by Crippen LogP contribution is -2.36. The highest BCUT2D eigenvalue weighted by molar-refractivity contribution is 5.68. The van der Waals surface area contributed by atoms with Gasteiger partial charge >= 0.3 is 0 Å². The zero-order valence-corrected chi connectivity index (χ0v) is 12.2. The first kappa shape index (κ1) is 13.8. The van der Waals surface area contributed by atoms with E-state index < -0.39 is 0 Å². The van der Waals surface area contributed by atoms with Crippen LogP contribution in [0.5, 0.6) is 0 Å². The van der Waals surface area contributed by atoms with E-state index in [2.05, 4.69) is 36.3 Å². The predicted molar refractivity (Wildman–Crippen MR) is 79.2 cm³/mol. The second-order valence-corrected chi connectivity index (χ2v) is 5.74. The SMILES string of the molecule is CC[C@H](C)n1c(C#N)cc(N)c1N1CCC[C@@H](C)C1. The molecule has 0 bridgehead atoms. The Morgan fingerprint density at radius 1 is 1.58 bits per heavy atom. The molecule has 1 saturated heterocycles. The molecule has 2 atom stereocenters. The Morgan fingerprint density at radius 3 is 2.89 bits per heavy atom. The molecule has 1 fully saturated rings. The van der Waals surface area contributed by atoms with E-state index in [1.54, 1.807) is 0 Å². The summed E-state index contributed by atoms with van der Waals surface area (Å²) in [5.41, 5.74) is 7.60. The minimum Gasteiger partial charge on any atom is -0.396 e. The maximum absolute atomic E-state index is 9.31. The number of piperidine rings is 1. The van der Waals surface area contributed by atoms with Crippen molar-refractivity contribution >= 4 is 11.5 Å². The van der Waals surface area contributed by atoms with Crippen LogP contribution in [0.4, 0.5) is 11.5 Å². The van der Waals surface area contributed by atoms with Gasteiger partial charge in [-0.25, -0.2) is 0 Å². The Hall–Kier alpha value is -1.63. The summed E-state index contributed by atoms with van der Waals surface area (Å²) in [6.45, 7) is 8.65. The van der Waals surface area contributed by atoms with Crippen molar-refractivity contribution < 1.29 is 0 Å². The zero-order valence-electron chi connectivity index (χ0n) is 12.2. The molecule has 0 radical (unpaired) electrons. The third kappa shape index (κ3) is 2.56. The van der Waals surface area contributed by atoms with Crippen LogP contribution in [0.2, 0.25) is 0 Å². The lowest BCUT2D eigenvalue weighted by molar-refractivity contribution is 0.432. The van der Waals surface area contributed by atoms with Crippen molar-refractivity contribution in [1.82, 2.24) is 4.57 Å². The normalized spacial score (nSPS) is 21.2. The molecule has 0 aromatic carbocycles. The van der Waals surface area contributed by atoms with Crippen molar-refractivity contribution in [3.63, 3.8) is 0 Å². The molecule has 0 spiro atoms. The van der Waals surface area contributed by atoms with Crippen LogP contribution >= 0.6 is 0 Å². The van der Waals surface area contributed by atoms with Crippen LogP contribution in [-0.4, -0.2) is 17.7 Å². The van der Waals surface area contributed by atoms with Crippen LogP contribution in [0.15, 0.2) is 6.07 Å². The quantitative estimate of drug-likeness (QED) is 0.908. The molecule has 4 heteroatoms. The van der Waals surface area contributed by atoms with Gasteiger partial charge in [-0.2, -0.15) is 5.26 Å². The summed E-state index contributed by atoms with van der Waals surface area (Å²) in [5, 5.41) is 9.31. The predicted octanol–water partition coefficient (Wildman–Crippen LogP) is 3.15. The molecule has 0 saturated carbocycles. The second-order valence-electron chi connectivity index (χ2n) is 5.74. The number of nitrogen functional groups attached to an aromatic ring is 1. The molecule has 0 aliphatic carbocycles. The van der Waals surface area contributed by atoms with Gasteiger partial charge in [0.15, 0.2) is 0 Å². The number of hydrogen-bond acceptors (Lipinski definition) is 3. The fraction of sp³-hybridized carbons (Fsp3) is 0.667. The minimum absolute atomic E-state index is 0.305. The van der Waals surface area contributed by atoms with Crippen molar-refractivity contribution in [3.8, 4) is 6.07 Å². The molecule has 0 unspecified atom stereocenters. The van der Waals surface area contributed by atoms with E-state index in [0.717, 1.165) is 31.0 Å². The number of rotatable bonds is 3. The zero-order chi connectivity index (χ0) is 14.0. The summed E-state index contributed by atoms with van der Waals surface area (Å²) >= 11 is 0. The van der Waals surface area contributed by atoms with Crippen molar-refractivity contribution in [2.24, 2.45) is 5.92 Å². The van der Waals surface area contributed by atoms with Gasteiger partial charge in [-0.1, -0.05) is 13.8 Å². The molecule has 2 heterocycles. The van der Waals surface area contributed by atoms with Gasteiger partial charge in [0.2, 0.25) is 0 Å². The third-order valence-electron chi connectivity index (χ3n) is 4.14. The standard InChI is InChI=1S/C15H24N4/c1-4-12(3)19-13(9-16)8-14(17)15(19)18-7-5-6-11(2)10-18/h8,11-12H,4-7,10,17H2,1-3H3/t11-,12+/m1/s1. The Labute approximate surface area is 115 Å². The molecule has 1 aromatic rings. The molecule has 104 valence electrons. The fourth-order valence-corrected chi connectivity index (χ4v) is 2.97. The number of nitriles is 1. The summed E-state index contributed by atoms with van der Waals surface area (Å²) in [5.74, 6) is 1.75. The topological polar surface area (TPSA) is 58.0 Å². The van der Waals surface area contributed by atoms with Crippen LogP contribution in [0.25, 0.3) is 0 Å². The van der Waals surface area contributed by atoms with Crippen molar-refractivity contribution in [2.75, 3.05) is 23.7 Å². The van der Waals surface area contributed by atoms with E-state index in [1.807, 2.05) is 6.07 Å². The molecule has 19 heavy (non-hydrogen) atoms. The van der Waals surface area contributed by atoms with Gasteiger partial charge in [-0.05, 0) is 38.2 Å². The van der Waals surface area contributed by atoms with Crippen molar-refractivity contribution in [3.05, 3.63) is 11.8 Å². The lowest BCUT2D eigenvalue weighted by atomic mass is 10.0. The van der Waals surface area contributed by atoms with Crippen LogP contribution in [0, 0.1) is 17.2 Å². The summed E-state index contributed by atoms with van der Waals surface area (Å²) in [4.78, 5) is 2.36. The molecule has 1 aliphatic rings. The van der Waals surface area contributed by atoms with Crippen LogP contribution in [0.3, 0.4) is 0 Å². The number of nitrogens with zero attached hydrogens (tertiary/aromatic N) is 3. The van der Waals surface area contributed by atoms with E-state index in [1.165, 1.54) is 12.8 Å². The molecule has 1 aliphatic heterocycles. The lowest BCUT2D eigenvalue weighted by Gasteiger charge is -2.35. The Balaban J connectivity index is 2.43. The monoisotopic (exact) mass is 260 g/mol. The minimum atomic E-state index is 0.305. The average Bonchev–Trinajstić information content (AvgIpc) is 2.74. The van der Waals surface area contributed by atoms with Crippen molar-refractivity contribution in [2.45, 2.75) is 46.1 Å². The van der Waals surface area contributed by atoms with Crippen molar-refractivity contribution in [1.29, 1.82) is 5.26 Å². The van der Waals surface area contributed by atoms with Gasteiger partial charge in [-0.15, -0.1) is 0 Å². The Bertz CT molecular complexity index is 483. The summed E-state index contributed by atoms with van der Waals surface area (Å²) in [6.07, 6.45) is 3.49.